The predicted molar refractivity (Wildman–Crippen MR) is 84.0 cm³/mol. The molecular formula is C17H16N2O4. The Hall–Kier alpha value is -3.15. The summed E-state index contributed by atoms with van der Waals surface area (Å²) in [6.07, 6.45) is 0. The molecule has 0 aliphatic rings. The van der Waals surface area contributed by atoms with Crippen molar-refractivity contribution >= 4 is 17.6 Å². The Morgan fingerprint density at radius 3 is 2.13 bits per heavy atom. The maximum absolute atomic E-state index is 12.2. The van der Waals surface area contributed by atoms with Crippen molar-refractivity contribution in [2.45, 2.75) is 0 Å². The molecule has 0 saturated heterocycles. The highest BCUT2D eigenvalue weighted by Crippen LogP contribution is 2.15. The summed E-state index contributed by atoms with van der Waals surface area (Å²) in [7, 11) is 0. The molecule has 6 nitrogen and oxygen atoms in total. The molecule has 6 heteroatoms. The van der Waals surface area contributed by atoms with Crippen LogP contribution in [-0.4, -0.2) is 30.7 Å². The van der Waals surface area contributed by atoms with Crippen LogP contribution in [0.25, 0.3) is 0 Å². The summed E-state index contributed by atoms with van der Waals surface area (Å²) >= 11 is 0. The van der Waals surface area contributed by atoms with Crippen LogP contribution in [0.1, 0.15) is 15.9 Å². The fourth-order valence-corrected chi connectivity index (χ4v) is 1.84. The third-order valence-corrected chi connectivity index (χ3v) is 2.98. The Labute approximate surface area is 133 Å². The largest absolute Gasteiger partial charge is 0.484 e. The minimum atomic E-state index is -0.623. The van der Waals surface area contributed by atoms with Gasteiger partial charge >= 0.3 is 0 Å². The number of ether oxygens (including phenoxy) is 1. The van der Waals surface area contributed by atoms with Crippen molar-refractivity contribution in [3.8, 4) is 5.75 Å². The van der Waals surface area contributed by atoms with E-state index in [4.69, 9.17) is 10.5 Å². The van der Waals surface area contributed by atoms with Crippen molar-refractivity contribution in [1.82, 2.24) is 5.32 Å². The first kappa shape index (κ1) is 16.2. The van der Waals surface area contributed by atoms with E-state index >= 15 is 0 Å². The average Bonchev–Trinajstić information content (AvgIpc) is 2.58. The van der Waals surface area contributed by atoms with Gasteiger partial charge in [0.25, 0.3) is 5.91 Å². The fourth-order valence-electron chi connectivity index (χ4n) is 1.84. The third kappa shape index (κ3) is 4.96. The lowest BCUT2D eigenvalue weighted by Gasteiger charge is -2.07. The van der Waals surface area contributed by atoms with Gasteiger partial charge in [-0.15, -0.1) is 0 Å². The van der Waals surface area contributed by atoms with Gasteiger partial charge < -0.3 is 15.8 Å². The zero-order valence-electron chi connectivity index (χ0n) is 12.3. The summed E-state index contributed by atoms with van der Waals surface area (Å²) in [6.45, 7) is -0.466. The second-order valence-electron chi connectivity index (χ2n) is 4.75. The highest BCUT2D eigenvalue weighted by molar-refractivity contribution is 6.08. The van der Waals surface area contributed by atoms with Crippen molar-refractivity contribution < 1.29 is 19.1 Å². The number of primary amides is 1. The van der Waals surface area contributed by atoms with E-state index in [0.717, 1.165) is 0 Å². The van der Waals surface area contributed by atoms with Crippen LogP contribution in [0.5, 0.6) is 5.75 Å². The molecule has 0 aliphatic heterocycles. The summed E-state index contributed by atoms with van der Waals surface area (Å²) < 4.78 is 5.27. The first-order valence-electron chi connectivity index (χ1n) is 6.94. The number of carbonyl (C=O) groups is 3. The van der Waals surface area contributed by atoms with Gasteiger partial charge in [0.15, 0.2) is 12.4 Å². The van der Waals surface area contributed by atoms with E-state index in [0.29, 0.717) is 16.9 Å². The molecule has 0 unspecified atom stereocenters. The van der Waals surface area contributed by atoms with E-state index in [-0.39, 0.29) is 18.9 Å². The summed E-state index contributed by atoms with van der Waals surface area (Å²) in [4.78, 5) is 34.1. The lowest BCUT2D eigenvalue weighted by molar-refractivity contribution is -0.126. The molecule has 0 spiro atoms. The number of carbonyl (C=O) groups excluding carboxylic acids is 3. The van der Waals surface area contributed by atoms with Crippen LogP contribution >= 0.6 is 0 Å². The van der Waals surface area contributed by atoms with Gasteiger partial charge in [-0.05, 0) is 24.3 Å². The van der Waals surface area contributed by atoms with E-state index < -0.39 is 11.8 Å². The second-order valence-corrected chi connectivity index (χ2v) is 4.75. The van der Waals surface area contributed by atoms with Crippen molar-refractivity contribution in [2.75, 3.05) is 13.2 Å². The Kier molecular flexibility index (Phi) is 5.46. The first-order chi connectivity index (χ1) is 11.1. The molecular weight excluding hydrogens is 296 g/mol. The number of nitrogens with two attached hydrogens (primary N) is 1. The Balaban J connectivity index is 1.91. The molecule has 118 valence electrons. The summed E-state index contributed by atoms with van der Waals surface area (Å²) in [5.41, 5.74) is 6.05. The smallest absolute Gasteiger partial charge is 0.258 e. The van der Waals surface area contributed by atoms with E-state index in [9.17, 15) is 14.4 Å². The van der Waals surface area contributed by atoms with Crippen LogP contribution in [-0.2, 0) is 9.59 Å². The van der Waals surface area contributed by atoms with Gasteiger partial charge in [0.1, 0.15) is 5.75 Å². The number of ketones is 1. The van der Waals surface area contributed by atoms with E-state index in [1.54, 1.807) is 48.5 Å². The topological polar surface area (TPSA) is 98.5 Å². The maximum Gasteiger partial charge on any atom is 0.258 e. The summed E-state index contributed by atoms with van der Waals surface area (Å²) in [6, 6.07) is 15.4. The van der Waals surface area contributed by atoms with Crippen molar-refractivity contribution in [3.63, 3.8) is 0 Å². The van der Waals surface area contributed by atoms with E-state index in [1.165, 1.54) is 0 Å². The van der Waals surface area contributed by atoms with Crippen LogP contribution < -0.4 is 15.8 Å². The molecule has 0 aromatic heterocycles. The van der Waals surface area contributed by atoms with Crippen LogP contribution in [0, 0.1) is 0 Å². The molecule has 23 heavy (non-hydrogen) atoms. The van der Waals surface area contributed by atoms with Crippen LogP contribution in [0.2, 0.25) is 0 Å². The Morgan fingerprint density at radius 2 is 1.52 bits per heavy atom. The lowest BCUT2D eigenvalue weighted by atomic mass is 10.0. The molecule has 0 radical (unpaired) electrons. The standard InChI is InChI=1S/C17H16N2O4/c18-15(20)10-19-16(21)11-23-14-8-6-13(7-9-14)17(22)12-4-2-1-3-5-12/h1-9H,10-11H2,(H2,18,20)(H,19,21). The molecule has 0 atom stereocenters. The van der Waals surface area contributed by atoms with Crippen molar-refractivity contribution in [3.05, 3.63) is 65.7 Å². The number of nitrogens with one attached hydrogen (secondary N) is 1. The van der Waals surface area contributed by atoms with Crippen molar-refractivity contribution in [2.24, 2.45) is 5.73 Å². The van der Waals surface area contributed by atoms with Crippen LogP contribution in [0.15, 0.2) is 54.6 Å². The molecule has 3 N–H and O–H groups in total. The number of amides is 2. The maximum atomic E-state index is 12.2. The monoisotopic (exact) mass is 312 g/mol. The van der Waals surface area contributed by atoms with Gasteiger partial charge in [-0.2, -0.15) is 0 Å². The SMILES string of the molecule is NC(=O)CNC(=O)COc1ccc(C(=O)c2ccccc2)cc1. The minimum Gasteiger partial charge on any atom is -0.484 e. The number of hydrogen-bond acceptors (Lipinski definition) is 4. The number of hydrogen-bond donors (Lipinski definition) is 2. The lowest BCUT2D eigenvalue weighted by Crippen LogP contribution is -2.36. The van der Waals surface area contributed by atoms with E-state index in [1.807, 2.05) is 6.07 Å². The van der Waals surface area contributed by atoms with Gasteiger partial charge in [0, 0.05) is 11.1 Å². The highest BCUT2D eigenvalue weighted by Gasteiger charge is 2.09. The van der Waals surface area contributed by atoms with Crippen molar-refractivity contribution in [1.29, 1.82) is 0 Å². The van der Waals surface area contributed by atoms with Gasteiger partial charge in [-0.1, -0.05) is 30.3 Å². The molecule has 2 rings (SSSR count). The quantitative estimate of drug-likeness (QED) is 0.742. The fraction of sp³-hybridized carbons (Fsp3) is 0.118. The molecule has 0 heterocycles. The van der Waals surface area contributed by atoms with Gasteiger partial charge in [-0.25, -0.2) is 0 Å². The zero-order chi connectivity index (χ0) is 16.7. The van der Waals surface area contributed by atoms with Gasteiger partial charge in [-0.3, -0.25) is 14.4 Å². The second kappa shape index (κ2) is 7.74. The molecule has 2 aromatic rings. The predicted octanol–water partition coefficient (Wildman–Crippen LogP) is 0.898. The molecule has 0 aliphatic carbocycles. The molecule has 0 fully saturated rings. The number of rotatable bonds is 7. The van der Waals surface area contributed by atoms with Gasteiger partial charge in [0.2, 0.25) is 5.91 Å². The zero-order valence-corrected chi connectivity index (χ0v) is 12.3. The minimum absolute atomic E-state index is 0.0867. The summed E-state index contributed by atoms with van der Waals surface area (Å²) in [5.74, 6) is -0.712. The van der Waals surface area contributed by atoms with Crippen LogP contribution in [0.3, 0.4) is 0 Å². The molecule has 0 bridgehead atoms. The first-order valence-corrected chi connectivity index (χ1v) is 6.94. The van der Waals surface area contributed by atoms with Crippen LogP contribution in [0.4, 0.5) is 0 Å². The Morgan fingerprint density at radius 1 is 0.913 bits per heavy atom. The normalized spacial score (nSPS) is 9.91. The highest BCUT2D eigenvalue weighted by atomic mass is 16.5. The average molecular weight is 312 g/mol. The van der Waals surface area contributed by atoms with Gasteiger partial charge in [0.05, 0.1) is 6.54 Å². The van der Waals surface area contributed by atoms with E-state index in [2.05, 4.69) is 5.32 Å². The summed E-state index contributed by atoms with van der Waals surface area (Å²) in [5, 5.41) is 2.31. The third-order valence-electron chi connectivity index (χ3n) is 2.98. The molecule has 2 amide bonds. The molecule has 2 aromatic carbocycles. The molecule has 0 saturated carbocycles. The number of benzene rings is 2. The Bertz CT molecular complexity index is 696.